The zero-order chi connectivity index (χ0) is 17.4. The predicted molar refractivity (Wildman–Crippen MR) is 96.8 cm³/mol. The number of thiazole rings is 1. The topological polar surface area (TPSA) is 68.2 Å². The zero-order valence-electron chi connectivity index (χ0n) is 14.0. The molecular weight excluding hydrogens is 336 g/mol. The summed E-state index contributed by atoms with van der Waals surface area (Å²) in [6.45, 7) is 2.33. The number of likely N-dealkylation sites (tertiary alicyclic amines) is 1. The van der Waals surface area contributed by atoms with E-state index in [9.17, 15) is 4.79 Å². The molecule has 3 aromatic rings. The first-order valence-corrected chi connectivity index (χ1v) is 9.09. The Bertz CT molecular complexity index is 913. The van der Waals surface area contributed by atoms with E-state index in [1.165, 1.54) is 11.3 Å². The number of para-hydroxylation sites is 1. The van der Waals surface area contributed by atoms with Crippen LogP contribution in [0.15, 0.2) is 35.2 Å². The van der Waals surface area contributed by atoms with Crippen LogP contribution in [0.3, 0.4) is 0 Å². The van der Waals surface area contributed by atoms with Gasteiger partial charge in [-0.15, -0.1) is 11.3 Å². The number of ketones is 1. The Kier molecular flexibility index (Phi) is 4.19. The predicted octanol–water partition coefficient (Wildman–Crippen LogP) is 2.79. The Morgan fingerprint density at radius 3 is 2.88 bits per heavy atom. The van der Waals surface area contributed by atoms with Crippen LogP contribution in [0.1, 0.15) is 13.3 Å². The van der Waals surface area contributed by atoms with Crippen LogP contribution in [0.5, 0.6) is 5.88 Å². The van der Waals surface area contributed by atoms with Gasteiger partial charge in [-0.25, -0.2) is 9.97 Å². The molecule has 6 nitrogen and oxygen atoms in total. The number of rotatable bonds is 4. The summed E-state index contributed by atoms with van der Waals surface area (Å²) in [4.78, 5) is 27.3. The fourth-order valence-corrected chi connectivity index (χ4v) is 3.78. The second kappa shape index (κ2) is 6.50. The molecule has 4 rings (SSSR count). The van der Waals surface area contributed by atoms with Gasteiger partial charge in [0.2, 0.25) is 5.88 Å². The van der Waals surface area contributed by atoms with Crippen LogP contribution >= 0.6 is 11.3 Å². The standard InChI is InChI=1S/C18H18N4O2S/c1-11(23)16-7-12(8-22(16)2)24-18-13-5-3-4-6-14(13)20-17(21-18)15-9-25-10-19-15/h3-6,9-10,12,16H,7-8H2,1-2H3. The van der Waals surface area contributed by atoms with Crippen LogP contribution in [0.25, 0.3) is 22.4 Å². The molecule has 3 heterocycles. The van der Waals surface area contributed by atoms with Crippen molar-refractivity contribution >= 4 is 28.0 Å². The molecule has 2 aromatic heterocycles. The quantitative estimate of drug-likeness (QED) is 0.718. The van der Waals surface area contributed by atoms with Gasteiger partial charge in [-0.05, 0) is 26.1 Å². The Morgan fingerprint density at radius 2 is 2.16 bits per heavy atom. The molecule has 0 bridgehead atoms. The monoisotopic (exact) mass is 354 g/mol. The van der Waals surface area contributed by atoms with Crippen molar-refractivity contribution < 1.29 is 9.53 Å². The minimum Gasteiger partial charge on any atom is -0.472 e. The average molecular weight is 354 g/mol. The van der Waals surface area contributed by atoms with Crippen molar-refractivity contribution in [2.75, 3.05) is 13.6 Å². The maximum absolute atomic E-state index is 11.7. The lowest BCUT2D eigenvalue weighted by atomic mass is 10.1. The molecule has 0 amide bonds. The number of benzene rings is 1. The van der Waals surface area contributed by atoms with E-state index < -0.39 is 0 Å². The smallest absolute Gasteiger partial charge is 0.225 e. The number of hydrogen-bond donors (Lipinski definition) is 0. The van der Waals surface area contributed by atoms with E-state index in [0.29, 0.717) is 24.7 Å². The summed E-state index contributed by atoms with van der Waals surface area (Å²) in [6, 6.07) is 7.70. The highest BCUT2D eigenvalue weighted by Crippen LogP contribution is 2.29. The molecule has 1 aromatic carbocycles. The summed E-state index contributed by atoms with van der Waals surface area (Å²) in [5, 5.41) is 2.79. The summed E-state index contributed by atoms with van der Waals surface area (Å²) in [7, 11) is 1.95. The number of carbonyl (C=O) groups excluding carboxylic acids is 1. The van der Waals surface area contributed by atoms with Crippen LogP contribution in [-0.4, -0.2) is 51.4 Å². The third-order valence-corrected chi connectivity index (χ3v) is 5.07. The SMILES string of the molecule is CC(=O)C1CC(Oc2nc(-c3cscn3)nc3ccccc23)CN1C. The Hall–Kier alpha value is -2.38. The highest BCUT2D eigenvalue weighted by Gasteiger charge is 2.34. The van der Waals surface area contributed by atoms with Crippen molar-refractivity contribution in [3.63, 3.8) is 0 Å². The molecule has 128 valence electrons. The summed E-state index contributed by atoms with van der Waals surface area (Å²) in [5.74, 6) is 1.28. The Balaban J connectivity index is 1.70. The van der Waals surface area contributed by atoms with Crippen LogP contribution in [0.2, 0.25) is 0 Å². The second-order valence-corrected chi connectivity index (χ2v) is 7.00. The molecule has 7 heteroatoms. The summed E-state index contributed by atoms with van der Waals surface area (Å²) in [5.41, 5.74) is 3.33. The Morgan fingerprint density at radius 1 is 1.32 bits per heavy atom. The molecule has 2 atom stereocenters. The summed E-state index contributed by atoms with van der Waals surface area (Å²) in [6.07, 6.45) is 0.608. The number of carbonyl (C=O) groups is 1. The van der Waals surface area contributed by atoms with Gasteiger partial charge in [-0.3, -0.25) is 9.69 Å². The molecule has 2 unspecified atom stereocenters. The van der Waals surface area contributed by atoms with Crippen LogP contribution in [0.4, 0.5) is 0 Å². The van der Waals surface area contributed by atoms with Crippen LogP contribution in [0, 0.1) is 0 Å². The van der Waals surface area contributed by atoms with Crippen LogP contribution in [-0.2, 0) is 4.79 Å². The molecule has 0 saturated carbocycles. The highest BCUT2D eigenvalue weighted by atomic mass is 32.1. The van der Waals surface area contributed by atoms with E-state index in [1.54, 1.807) is 12.4 Å². The van der Waals surface area contributed by atoms with Crippen molar-refractivity contribution in [2.45, 2.75) is 25.5 Å². The maximum Gasteiger partial charge on any atom is 0.225 e. The van der Waals surface area contributed by atoms with Gasteiger partial charge in [0.25, 0.3) is 0 Å². The third kappa shape index (κ3) is 3.12. The van der Waals surface area contributed by atoms with E-state index >= 15 is 0 Å². The van der Waals surface area contributed by atoms with E-state index in [-0.39, 0.29) is 17.9 Å². The minimum absolute atomic E-state index is 0.0690. The lowest BCUT2D eigenvalue weighted by molar-refractivity contribution is -0.120. The number of hydrogen-bond acceptors (Lipinski definition) is 7. The zero-order valence-corrected chi connectivity index (χ0v) is 14.9. The Labute approximate surface area is 149 Å². The third-order valence-electron chi connectivity index (χ3n) is 4.49. The number of aromatic nitrogens is 3. The van der Waals surface area contributed by atoms with E-state index in [1.807, 2.05) is 41.6 Å². The number of ether oxygens (including phenoxy) is 1. The second-order valence-electron chi connectivity index (χ2n) is 6.28. The van der Waals surface area contributed by atoms with Gasteiger partial charge in [0.1, 0.15) is 17.6 Å². The van der Waals surface area contributed by atoms with Gasteiger partial charge >= 0.3 is 0 Å². The van der Waals surface area contributed by atoms with Crippen molar-refractivity contribution in [1.29, 1.82) is 0 Å². The molecule has 1 aliphatic heterocycles. The molecule has 0 N–H and O–H groups in total. The molecule has 25 heavy (non-hydrogen) atoms. The highest BCUT2D eigenvalue weighted by molar-refractivity contribution is 7.07. The first kappa shape index (κ1) is 16.1. The van der Waals surface area contributed by atoms with Crippen molar-refractivity contribution in [2.24, 2.45) is 0 Å². The van der Waals surface area contributed by atoms with E-state index in [0.717, 1.165) is 16.6 Å². The van der Waals surface area contributed by atoms with Crippen LogP contribution < -0.4 is 4.74 Å². The number of likely N-dealkylation sites (N-methyl/N-ethyl adjacent to an activating group) is 1. The number of fused-ring (bicyclic) bond motifs is 1. The lowest BCUT2D eigenvalue weighted by Crippen LogP contribution is -2.31. The molecule has 0 radical (unpaired) electrons. The molecule has 1 fully saturated rings. The van der Waals surface area contributed by atoms with Gasteiger partial charge in [0.15, 0.2) is 5.82 Å². The van der Waals surface area contributed by atoms with Crippen molar-refractivity contribution in [3.05, 3.63) is 35.2 Å². The maximum atomic E-state index is 11.7. The lowest BCUT2D eigenvalue weighted by Gasteiger charge is -2.15. The first-order valence-electron chi connectivity index (χ1n) is 8.14. The molecule has 0 spiro atoms. The minimum atomic E-state index is -0.0869. The van der Waals surface area contributed by atoms with Crippen molar-refractivity contribution in [1.82, 2.24) is 19.9 Å². The molecule has 1 saturated heterocycles. The average Bonchev–Trinajstić information content (AvgIpc) is 3.24. The number of Topliss-reactive ketones (excluding diaryl/α,β-unsaturated/α-hetero) is 1. The first-order chi connectivity index (χ1) is 12.1. The molecular formula is C18H18N4O2S. The normalized spacial score (nSPS) is 20.9. The van der Waals surface area contributed by atoms with Gasteiger partial charge in [-0.2, -0.15) is 4.98 Å². The fraction of sp³-hybridized carbons (Fsp3) is 0.333. The number of nitrogens with zero attached hydrogens (tertiary/aromatic N) is 4. The fourth-order valence-electron chi connectivity index (χ4n) is 3.25. The molecule has 0 aliphatic carbocycles. The van der Waals surface area contributed by atoms with Crippen molar-refractivity contribution in [3.8, 4) is 17.4 Å². The van der Waals surface area contributed by atoms with E-state index in [2.05, 4.69) is 15.0 Å². The summed E-state index contributed by atoms with van der Waals surface area (Å²) >= 11 is 1.51. The van der Waals surface area contributed by atoms with Gasteiger partial charge in [-0.1, -0.05) is 12.1 Å². The largest absolute Gasteiger partial charge is 0.472 e. The van der Waals surface area contributed by atoms with Gasteiger partial charge in [0, 0.05) is 18.3 Å². The molecule has 1 aliphatic rings. The van der Waals surface area contributed by atoms with Gasteiger partial charge < -0.3 is 4.74 Å². The van der Waals surface area contributed by atoms with Gasteiger partial charge in [0.05, 0.1) is 22.5 Å². The summed E-state index contributed by atoms with van der Waals surface area (Å²) < 4.78 is 6.21. The van der Waals surface area contributed by atoms with E-state index in [4.69, 9.17) is 4.74 Å².